The average Bonchev–Trinajstić information content (AvgIpc) is 2.37. The molecular weight excluding hydrogens is 236 g/mol. The van der Waals surface area contributed by atoms with Gasteiger partial charge in [-0.2, -0.15) is 0 Å². The number of nitrogens with zero attached hydrogens (tertiary/aromatic N) is 1. The Balaban J connectivity index is 2.07. The molecule has 1 heterocycles. The molecule has 0 aromatic carbocycles. The second kappa shape index (κ2) is 8.93. The van der Waals surface area contributed by atoms with Gasteiger partial charge in [0.1, 0.15) is 0 Å². The summed E-state index contributed by atoms with van der Waals surface area (Å²) < 4.78 is 0. The first-order valence-electron chi connectivity index (χ1n) is 8.08. The summed E-state index contributed by atoms with van der Waals surface area (Å²) >= 11 is 0. The Morgan fingerprint density at radius 1 is 1.05 bits per heavy atom. The largest absolute Gasteiger partial charge is 0.396 e. The number of hydrogen-bond acceptors (Lipinski definition) is 3. The first-order valence-corrected chi connectivity index (χ1v) is 8.08. The smallest absolute Gasteiger partial charge is 0.0433 e. The Bertz CT molecular complexity index is 219. The Labute approximate surface area is 119 Å². The van der Waals surface area contributed by atoms with Gasteiger partial charge in [0.25, 0.3) is 0 Å². The highest BCUT2D eigenvalue weighted by molar-refractivity contribution is 4.74. The van der Waals surface area contributed by atoms with Crippen molar-refractivity contribution in [2.75, 3.05) is 39.3 Å². The Morgan fingerprint density at radius 3 is 2.32 bits per heavy atom. The molecule has 3 heteroatoms. The number of rotatable bonds is 8. The number of aliphatic hydroxyl groups excluding tert-OH is 1. The number of nitrogens with one attached hydrogen (secondary N) is 1. The average molecular weight is 270 g/mol. The maximum absolute atomic E-state index is 9.16. The van der Waals surface area contributed by atoms with Crippen LogP contribution in [-0.4, -0.2) is 49.3 Å². The minimum Gasteiger partial charge on any atom is -0.396 e. The van der Waals surface area contributed by atoms with Gasteiger partial charge in [0.2, 0.25) is 0 Å². The van der Waals surface area contributed by atoms with Gasteiger partial charge in [-0.3, -0.25) is 0 Å². The van der Waals surface area contributed by atoms with Crippen molar-refractivity contribution in [2.45, 2.75) is 52.9 Å². The molecule has 1 saturated heterocycles. The summed E-state index contributed by atoms with van der Waals surface area (Å²) in [5.41, 5.74) is 0.335. The van der Waals surface area contributed by atoms with Crippen molar-refractivity contribution in [3.05, 3.63) is 0 Å². The van der Waals surface area contributed by atoms with Crippen molar-refractivity contribution in [1.82, 2.24) is 10.2 Å². The van der Waals surface area contributed by atoms with Crippen LogP contribution < -0.4 is 5.32 Å². The van der Waals surface area contributed by atoms with E-state index in [0.717, 1.165) is 19.5 Å². The minimum absolute atomic E-state index is 0.335. The second-order valence-electron chi connectivity index (χ2n) is 7.02. The molecule has 0 amide bonds. The maximum atomic E-state index is 9.16. The molecule has 0 spiro atoms. The van der Waals surface area contributed by atoms with E-state index in [1.54, 1.807) is 0 Å². The minimum atomic E-state index is 0.335. The van der Waals surface area contributed by atoms with Crippen LogP contribution in [0.3, 0.4) is 0 Å². The van der Waals surface area contributed by atoms with Gasteiger partial charge >= 0.3 is 0 Å². The zero-order valence-electron chi connectivity index (χ0n) is 13.2. The molecule has 2 N–H and O–H groups in total. The molecule has 1 atom stereocenters. The van der Waals surface area contributed by atoms with Crippen LogP contribution in [0.15, 0.2) is 0 Å². The fourth-order valence-electron chi connectivity index (χ4n) is 3.00. The van der Waals surface area contributed by atoms with E-state index in [1.807, 2.05) is 0 Å². The lowest BCUT2D eigenvalue weighted by Gasteiger charge is -2.30. The van der Waals surface area contributed by atoms with Gasteiger partial charge in [0, 0.05) is 32.8 Å². The quantitative estimate of drug-likeness (QED) is 0.665. The van der Waals surface area contributed by atoms with Crippen LogP contribution in [0.5, 0.6) is 0 Å². The lowest BCUT2D eigenvalue weighted by Crippen LogP contribution is -2.43. The lowest BCUT2D eigenvalue weighted by atomic mass is 9.76. The van der Waals surface area contributed by atoms with Crippen LogP contribution in [0.4, 0.5) is 0 Å². The third-order valence-corrected chi connectivity index (χ3v) is 4.44. The molecule has 1 rings (SSSR count). The van der Waals surface area contributed by atoms with Gasteiger partial charge in [0.15, 0.2) is 0 Å². The van der Waals surface area contributed by atoms with E-state index in [-0.39, 0.29) is 0 Å². The van der Waals surface area contributed by atoms with Gasteiger partial charge in [-0.25, -0.2) is 0 Å². The number of aliphatic hydroxyl groups is 1. The predicted molar refractivity (Wildman–Crippen MR) is 82.4 cm³/mol. The zero-order chi connectivity index (χ0) is 14.1. The Hall–Kier alpha value is -0.120. The monoisotopic (exact) mass is 270 g/mol. The van der Waals surface area contributed by atoms with E-state index in [1.165, 1.54) is 45.3 Å². The Morgan fingerprint density at radius 2 is 1.74 bits per heavy atom. The summed E-state index contributed by atoms with van der Waals surface area (Å²) in [6.45, 7) is 13.2. The van der Waals surface area contributed by atoms with Gasteiger partial charge < -0.3 is 15.3 Å². The molecule has 1 aliphatic heterocycles. The molecule has 0 aromatic heterocycles. The summed E-state index contributed by atoms with van der Waals surface area (Å²) in [6.07, 6.45) is 6.21. The highest BCUT2D eigenvalue weighted by atomic mass is 16.3. The molecule has 0 radical (unpaired) electrons. The van der Waals surface area contributed by atoms with Crippen molar-refractivity contribution in [3.63, 3.8) is 0 Å². The molecule has 0 bridgehead atoms. The van der Waals surface area contributed by atoms with Crippen LogP contribution in [0.2, 0.25) is 0 Å². The van der Waals surface area contributed by atoms with E-state index in [4.69, 9.17) is 5.11 Å². The van der Waals surface area contributed by atoms with Gasteiger partial charge in [0.05, 0.1) is 0 Å². The van der Waals surface area contributed by atoms with E-state index < -0.39 is 0 Å². The molecule has 1 fully saturated rings. The van der Waals surface area contributed by atoms with Crippen molar-refractivity contribution >= 4 is 0 Å². The van der Waals surface area contributed by atoms with Crippen LogP contribution in [0.25, 0.3) is 0 Å². The maximum Gasteiger partial charge on any atom is 0.0433 e. The van der Waals surface area contributed by atoms with Gasteiger partial charge in [-0.05, 0) is 37.1 Å². The summed E-state index contributed by atoms with van der Waals surface area (Å²) in [6, 6.07) is 0. The Kier molecular flexibility index (Phi) is 7.96. The fourth-order valence-corrected chi connectivity index (χ4v) is 3.00. The zero-order valence-corrected chi connectivity index (χ0v) is 13.2. The van der Waals surface area contributed by atoms with Crippen LogP contribution in [0.1, 0.15) is 52.9 Å². The summed E-state index contributed by atoms with van der Waals surface area (Å²) in [5, 5.41) is 12.6. The standard InChI is InChI=1S/C16H34N2O/c1-16(2,3)15(8-14-19)7-5-4-6-11-18-12-9-17-10-13-18/h15,17,19H,4-14H2,1-3H3. The molecule has 3 nitrogen and oxygen atoms in total. The topological polar surface area (TPSA) is 35.5 Å². The number of piperazine rings is 1. The summed E-state index contributed by atoms with van der Waals surface area (Å²) in [5.74, 6) is 0.664. The molecular formula is C16H34N2O. The third kappa shape index (κ3) is 7.28. The SMILES string of the molecule is CC(C)(C)C(CCO)CCCCCN1CCNCC1. The fraction of sp³-hybridized carbons (Fsp3) is 1.00. The van der Waals surface area contributed by atoms with Crippen molar-refractivity contribution in [1.29, 1.82) is 0 Å². The lowest BCUT2D eigenvalue weighted by molar-refractivity contribution is 0.160. The van der Waals surface area contributed by atoms with Gasteiger partial charge in [-0.15, -0.1) is 0 Å². The number of unbranched alkanes of at least 4 members (excludes halogenated alkanes) is 2. The van der Waals surface area contributed by atoms with Crippen LogP contribution in [0, 0.1) is 11.3 Å². The molecule has 1 aliphatic rings. The summed E-state index contributed by atoms with van der Waals surface area (Å²) in [4.78, 5) is 2.57. The molecule has 0 aromatic rings. The van der Waals surface area contributed by atoms with E-state index in [0.29, 0.717) is 17.9 Å². The molecule has 1 unspecified atom stereocenters. The van der Waals surface area contributed by atoms with E-state index in [2.05, 4.69) is 31.0 Å². The van der Waals surface area contributed by atoms with Crippen molar-refractivity contribution in [3.8, 4) is 0 Å². The first-order chi connectivity index (χ1) is 9.04. The van der Waals surface area contributed by atoms with E-state index in [9.17, 15) is 0 Å². The number of hydrogen-bond donors (Lipinski definition) is 2. The third-order valence-electron chi connectivity index (χ3n) is 4.44. The van der Waals surface area contributed by atoms with Crippen molar-refractivity contribution < 1.29 is 5.11 Å². The molecule has 0 saturated carbocycles. The predicted octanol–water partition coefficient (Wildman–Crippen LogP) is 2.50. The highest BCUT2D eigenvalue weighted by Crippen LogP contribution is 2.32. The molecule has 114 valence electrons. The van der Waals surface area contributed by atoms with Crippen LogP contribution in [-0.2, 0) is 0 Å². The second-order valence-corrected chi connectivity index (χ2v) is 7.02. The van der Waals surface area contributed by atoms with Crippen LogP contribution >= 0.6 is 0 Å². The molecule has 19 heavy (non-hydrogen) atoms. The highest BCUT2D eigenvalue weighted by Gasteiger charge is 2.23. The first kappa shape index (κ1) is 16.9. The van der Waals surface area contributed by atoms with E-state index >= 15 is 0 Å². The normalized spacial score (nSPS) is 19.6. The van der Waals surface area contributed by atoms with Crippen molar-refractivity contribution in [2.24, 2.45) is 11.3 Å². The summed E-state index contributed by atoms with van der Waals surface area (Å²) in [7, 11) is 0. The van der Waals surface area contributed by atoms with Gasteiger partial charge in [-0.1, -0.05) is 33.6 Å². The molecule has 0 aliphatic carbocycles.